The van der Waals surface area contributed by atoms with Gasteiger partial charge in [0.05, 0.1) is 25.9 Å². The third kappa shape index (κ3) is 5.04. The van der Waals surface area contributed by atoms with Gasteiger partial charge in [-0.05, 0) is 18.1 Å². The molecule has 0 spiro atoms. The molecule has 19 heavy (non-hydrogen) atoms. The molecule has 0 bridgehead atoms. The summed E-state index contributed by atoms with van der Waals surface area (Å²) in [5.74, 6) is 1.17. The fourth-order valence-electron chi connectivity index (χ4n) is 2.21. The van der Waals surface area contributed by atoms with Gasteiger partial charge in [0.25, 0.3) is 0 Å². The Morgan fingerprint density at radius 1 is 1.47 bits per heavy atom. The maximum atomic E-state index is 11.7. The number of ether oxygens (including phenoxy) is 1. The molecule has 0 aromatic carbocycles. The van der Waals surface area contributed by atoms with Crippen molar-refractivity contribution in [3.05, 3.63) is 24.2 Å². The van der Waals surface area contributed by atoms with Gasteiger partial charge in [0.2, 0.25) is 5.91 Å². The van der Waals surface area contributed by atoms with E-state index in [4.69, 9.17) is 9.15 Å². The van der Waals surface area contributed by atoms with E-state index < -0.39 is 0 Å². The maximum absolute atomic E-state index is 11.7. The van der Waals surface area contributed by atoms with Crippen LogP contribution >= 0.6 is 0 Å². The van der Waals surface area contributed by atoms with E-state index in [9.17, 15) is 4.79 Å². The van der Waals surface area contributed by atoms with Crippen molar-refractivity contribution in [2.45, 2.75) is 13.3 Å². The van der Waals surface area contributed by atoms with Crippen molar-refractivity contribution in [3.8, 4) is 0 Å². The van der Waals surface area contributed by atoms with Gasteiger partial charge in [0.15, 0.2) is 0 Å². The van der Waals surface area contributed by atoms with Gasteiger partial charge in [0, 0.05) is 26.2 Å². The monoisotopic (exact) mass is 266 g/mol. The minimum absolute atomic E-state index is 0.0174. The van der Waals surface area contributed by atoms with Crippen molar-refractivity contribution in [2.75, 3.05) is 39.4 Å². The number of carbonyl (C=O) groups excluding carboxylic acids is 1. The van der Waals surface area contributed by atoms with Crippen LogP contribution in [0.2, 0.25) is 0 Å². The highest BCUT2D eigenvalue weighted by atomic mass is 16.5. The van der Waals surface area contributed by atoms with Gasteiger partial charge in [-0.25, -0.2) is 0 Å². The summed E-state index contributed by atoms with van der Waals surface area (Å²) in [5.41, 5.74) is 0. The molecule has 5 heteroatoms. The number of hydrogen-bond acceptors (Lipinski definition) is 4. The molecular weight excluding hydrogens is 244 g/mol. The summed E-state index contributed by atoms with van der Waals surface area (Å²) in [5, 5.41) is 2.95. The number of nitrogens with one attached hydrogen (secondary N) is 1. The number of furan rings is 1. The predicted octanol–water partition coefficient (Wildman–Crippen LogP) is 0.907. The third-order valence-corrected chi connectivity index (χ3v) is 3.24. The Labute approximate surface area is 113 Å². The van der Waals surface area contributed by atoms with Crippen molar-refractivity contribution in [1.82, 2.24) is 10.2 Å². The number of morpholine rings is 1. The zero-order valence-electron chi connectivity index (χ0n) is 11.4. The van der Waals surface area contributed by atoms with Gasteiger partial charge in [-0.3, -0.25) is 9.69 Å². The minimum atomic E-state index is 0.0174. The lowest BCUT2D eigenvalue weighted by Crippen LogP contribution is -2.41. The average Bonchev–Trinajstić information content (AvgIpc) is 2.90. The van der Waals surface area contributed by atoms with Crippen LogP contribution in [0.25, 0.3) is 0 Å². The summed E-state index contributed by atoms with van der Waals surface area (Å²) < 4.78 is 10.5. The van der Waals surface area contributed by atoms with E-state index in [1.54, 1.807) is 12.3 Å². The Balaban J connectivity index is 1.62. The number of carbonyl (C=O) groups is 1. The van der Waals surface area contributed by atoms with Crippen LogP contribution in [0.3, 0.4) is 0 Å². The fraction of sp³-hybridized carbons (Fsp3) is 0.643. The predicted molar refractivity (Wildman–Crippen MR) is 71.8 cm³/mol. The minimum Gasteiger partial charge on any atom is -0.469 e. The normalized spacial score (nSPS) is 18.2. The lowest BCUT2D eigenvalue weighted by atomic mass is 10.1. The Morgan fingerprint density at radius 2 is 2.26 bits per heavy atom. The topological polar surface area (TPSA) is 54.7 Å². The van der Waals surface area contributed by atoms with Crippen LogP contribution in [0.15, 0.2) is 22.8 Å². The summed E-state index contributed by atoms with van der Waals surface area (Å²) in [7, 11) is 0. The summed E-state index contributed by atoms with van der Waals surface area (Å²) in [4.78, 5) is 14.1. The second-order valence-electron chi connectivity index (χ2n) is 5.08. The van der Waals surface area contributed by atoms with Crippen molar-refractivity contribution in [1.29, 1.82) is 0 Å². The molecule has 1 aromatic heterocycles. The Bertz CT molecular complexity index is 372. The highest BCUT2D eigenvalue weighted by Crippen LogP contribution is 2.03. The van der Waals surface area contributed by atoms with Gasteiger partial charge in [-0.2, -0.15) is 0 Å². The van der Waals surface area contributed by atoms with E-state index in [1.165, 1.54) is 0 Å². The summed E-state index contributed by atoms with van der Waals surface area (Å²) in [6, 6.07) is 3.61. The average molecular weight is 266 g/mol. The summed E-state index contributed by atoms with van der Waals surface area (Å²) >= 11 is 0. The SMILES string of the molecule is CC(CNC(=O)Cc1ccco1)CN1CCOCC1. The molecule has 1 aliphatic rings. The van der Waals surface area contributed by atoms with Gasteiger partial charge >= 0.3 is 0 Å². The van der Waals surface area contributed by atoms with Crippen molar-refractivity contribution >= 4 is 5.91 Å². The van der Waals surface area contributed by atoms with E-state index in [1.807, 2.05) is 6.07 Å². The number of hydrogen-bond donors (Lipinski definition) is 1. The van der Waals surface area contributed by atoms with Crippen LogP contribution in [0, 0.1) is 5.92 Å². The van der Waals surface area contributed by atoms with Gasteiger partial charge < -0.3 is 14.5 Å². The molecule has 2 heterocycles. The zero-order chi connectivity index (χ0) is 13.5. The van der Waals surface area contributed by atoms with Crippen LogP contribution < -0.4 is 5.32 Å². The molecule has 0 aliphatic carbocycles. The lowest BCUT2D eigenvalue weighted by Gasteiger charge is -2.29. The van der Waals surface area contributed by atoms with Gasteiger partial charge in [0.1, 0.15) is 5.76 Å². The van der Waals surface area contributed by atoms with E-state index in [2.05, 4.69) is 17.1 Å². The second-order valence-corrected chi connectivity index (χ2v) is 5.08. The zero-order valence-corrected chi connectivity index (χ0v) is 11.4. The first-order valence-corrected chi connectivity index (χ1v) is 6.83. The maximum Gasteiger partial charge on any atom is 0.227 e. The Kier molecular flexibility index (Phi) is 5.42. The van der Waals surface area contributed by atoms with E-state index in [-0.39, 0.29) is 5.91 Å². The molecular formula is C14H22N2O3. The van der Waals surface area contributed by atoms with Crippen LogP contribution in [0.1, 0.15) is 12.7 Å². The van der Waals surface area contributed by atoms with Crippen LogP contribution in [0.5, 0.6) is 0 Å². The standard InChI is InChI=1S/C14H22N2O3/c1-12(11-16-4-7-18-8-5-16)10-15-14(17)9-13-3-2-6-19-13/h2-3,6,12H,4-5,7-11H2,1H3,(H,15,17). The summed E-state index contributed by atoms with van der Waals surface area (Å²) in [6.45, 7) is 7.48. The molecule has 1 fully saturated rings. The molecule has 1 amide bonds. The fourth-order valence-corrected chi connectivity index (χ4v) is 2.21. The first kappa shape index (κ1) is 14.1. The molecule has 106 valence electrons. The van der Waals surface area contributed by atoms with E-state index in [0.29, 0.717) is 24.6 Å². The molecule has 2 rings (SSSR count). The quantitative estimate of drug-likeness (QED) is 0.831. The lowest BCUT2D eigenvalue weighted by molar-refractivity contribution is -0.120. The number of nitrogens with zero attached hydrogens (tertiary/aromatic N) is 1. The molecule has 1 saturated heterocycles. The highest BCUT2D eigenvalue weighted by Gasteiger charge is 2.14. The molecule has 1 aromatic rings. The molecule has 1 atom stereocenters. The highest BCUT2D eigenvalue weighted by molar-refractivity contribution is 5.77. The first-order valence-electron chi connectivity index (χ1n) is 6.83. The van der Waals surface area contributed by atoms with E-state index in [0.717, 1.165) is 32.8 Å². The number of amides is 1. The molecule has 0 saturated carbocycles. The third-order valence-electron chi connectivity index (χ3n) is 3.24. The molecule has 0 radical (unpaired) electrons. The van der Waals surface area contributed by atoms with Crippen LogP contribution in [0.4, 0.5) is 0 Å². The smallest absolute Gasteiger partial charge is 0.227 e. The van der Waals surface area contributed by atoms with Crippen molar-refractivity contribution in [3.63, 3.8) is 0 Å². The molecule has 1 N–H and O–H groups in total. The van der Waals surface area contributed by atoms with Crippen molar-refractivity contribution < 1.29 is 13.9 Å². The van der Waals surface area contributed by atoms with Crippen molar-refractivity contribution in [2.24, 2.45) is 5.92 Å². The van der Waals surface area contributed by atoms with Crippen LogP contribution in [-0.4, -0.2) is 50.2 Å². The molecule has 1 unspecified atom stereocenters. The molecule has 1 aliphatic heterocycles. The summed E-state index contributed by atoms with van der Waals surface area (Å²) in [6.07, 6.45) is 1.90. The van der Waals surface area contributed by atoms with Gasteiger partial charge in [-0.1, -0.05) is 6.92 Å². The largest absolute Gasteiger partial charge is 0.469 e. The number of rotatable bonds is 6. The van der Waals surface area contributed by atoms with E-state index >= 15 is 0 Å². The Hall–Kier alpha value is -1.33. The second kappa shape index (κ2) is 7.31. The first-order chi connectivity index (χ1) is 9.24. The molecule has 5 nitrogen and oxygen atoms in total. The Morgan fingerprint density at radius 3 is 2.95 bits per heavy atom. The van der Waals surface area contributed by atoms with Crippen LogP contribution in [-0.2, 0) is 16.0 Å². The van der Waals surface area contributed by atoms with Gasteiger partial charge in [-0.15, -0.1) is 0 Å².